The number of imidazole rings is 1. The van der Waals surface area contributed by atoms with Crippen LogP contribution in [0.4, 0.5) is 4.79 Å². The van der Waals surface area contributed by atoms with E-state index in [0.717, 1.165) is 5.57 Å². The van der Waals surface area contributed by atoms with Crippen molar-refractivity contribution in [3.8, 4) is 0 Å². The van der Waals surface area contributed by atoms with Gasteiger partial charge < -0.3 is 35.0 Å². The molecule has 1 amide bonds. The molecular formula is C33H43ClN4O9. The number of aromatic amines is 1. The summed E-state index contributed by atoms with van der Waals surface area (Å²) in [5.41, 5.74) is 3.90. The molecule has 0 aliphatic heterocycles. The summed E-state index contributed by atoms with van der Waals surface area (Å²) in [6.45, 7) is 7.08. The number of nitrogens with zero attached hydrogens (tertiary/aromatic N) is 1. The van der Waals surface area contributed by atoms with Gasteiger partial charge in [0.05, 0.1) is 19.0 Å². The number of allylic oxidation sites excluding steroid dienone is 4. The number of H-pyrrole nitrogens is 1. The molecule has 0 bridgehead atoms. The molecule has 0 saturated heterocycles. The highest BCUT2D eigenvalue weighted by Gasteiger charge is 2.72. The van der Waals surface area contributed by atoms with Crippen LogP contribution in [0.3, 0.4) is 0 Å². The average Bonchev–Trinajstić information content (AvgIpc) is 3.63. The summed E-state index contributed by atoms with van der Waals surface area (Å²) in [6, 6.07) is -2.44. The molecule has 5 rings (SSSR count). The van der Waals surface area contributed by atoms with E-state index in [1.54, 1.807) is 25.3 Å². The number of hydrogen-bond acceptors (Lipinski definition) is 11. The molecule has 1 aromatic rings. The van der Waals surface area contributed by atoms with Crippen LogP contribution in [-0.4, -0.2) is 76.2 Å². The van der Waals surface area contributed by atoms with Crippen molar-refractivity contribution in [1.29, 1.82) is 0 Å². The predicted molar refractivity (Wildman–Crippen MR) is 167 cm³/mol. The lowest BCUT2D eigenvalue weighted by Crippen LogP contribution is -2.63. The molecule has 2 unspecified atom stereocenters. The molecular weight excluding hydrogens is 632 g/mol. The Morgan fingerprint density at radius 3 is 2.64 bits per heavy atom. The molecule has 4 aliphatic carbocycles. The summed E-state index contributed by atoms with van der Waals surface area (Å²) in [4.78, 5) is 72.9. The number of nitrogens with two attached hydrogens (primary N) is 1. The number of alkyl halides is 1. The minimum atomic E-state index is -1.76. The lowest BCUT2D eigenvalue weighted by molar-refractivity contribution is -0.207. The van der Waals surface area contributed by atoms with Crippen LogP contribution < -0.4 is 11.1 Å². The van der Waals surface area contributed by atoms with Gasteiger partial charge in [-0.25, -0.2) is 19.4 Å². The van der Waals surface area contributed by atoms with Crippen molar-refractivity contribution >= 4 is 41.4 Å². The third-order valence-corrected chi connectivity index (χ3v) is 11.0. The molecule has 47 heavy (non-hydrogen) atoms. The van der Waals surface area contributed by atoms with Crippen LogP contribution >= 0.6 is 11.6 Å². The van der Waals surface area contributed by atoms with Gasteiger partial charge in [-0.05, 0) is 69.9 Å². The Morgan fingerprint density at radius 1 is 1.21 bits per heavy atom. The third-order valence-electron chi connectivity index (χ3n) is 10.9. The van der Waals surface area contributed by atoms with Gasteiger partial charge in [0, 0.05) is 35.1 Å². The maximum absolute atomic E-state index is 14.1. The van der Waals surface area contributed by atoms with Gasteiger partial charge in [-0.15, -0.1) is 0 Å². The summed E-state index contributed by atoms with van der Waals surface area (Å²) in [5, 5.41) is 2.70. The zero-order chi connectivity index (χ0) is 34.1. The van der Waals surface area contributed by atoms with Gasteiger partial charge >= 0.3 is 18.1 Å². The molecule has 14 heteroatoms. The summed E-state index contributed by atoms with van der Waals surface area (Å²) in [6.07, 6.45) is 8.42. The van der Waals surface area contributed by atoms with Crippen LogP contribution in [0.5, 0.6) is 0 Å². The molecule has 9 atom stereocenters. The fraction of sp³-hybridized carbons (Fsp3) is 0.636. The Bertz CT molecular complexity index is 1460. The Balaban J connectivity index is 1.57. The van der Waals surface area contributed by atoms with Crippen molar-refractivity contribution in [3.05, 3.63) is 42.0 Å². The number of ether oxygens (including phenoxy) is 4. The molecule has 0 radical (unpaired) electrons. The van der Waals surface area contributed by atoms with E-state index in [9.17, 15) is 24.0 Å². The summed E-state index contributed by atoms with van der Waals surface area (Å²) in [7, 11) is 0. The lowest BCUT2D eigenvalue weighted by atomic mass is 9.46. The molecule has 3 fully saturated rings. The lowest BCUT2D eigenvalue weighted by Gasteiger charge is -2.60. The van der Waals surface area contributed by atoms with E-state index in [2.05, 4.69) is 15.3 Å². The number of amides is 1. The van der Waals surface area contributed by atoms with E-state index in [1.807, 2.05) is 19.9 Å². The van der Waals surface area contributed by atoms with Crippen LogP contribution in [0.25, 0.3) is 0 Å². The normalized spacial score (nSPS) is 33.7. The van der Waals surface area contributed by atoms with Gasteiger partial charge in [0.25, 0.3) is 0 Å². The maximum atomic E-state index is 14.1. The SMILES string of the molecule is CCOC(=O)O[C@]1(C(=O)OCCl)CC[C@H]2[C@@H]3CCC4=CC(=O)C=C[C@]4(C)[C@H]3[C@@H](OC(=O)C(Cc3cnc[nH]3)NC(=O)C(C)N)C[C@@]21C. The quantitative estimate of drug-likeness (QED) is 0.188. The second-order valence-corrected chi connectivity index (χ2v) is 13.7. The zero-order valence-corrected chi connectivity index (χ0v) is 27.8. The standard InChI is InChI=1S/C33H43ClN4O9/c1-5-44-30(43)47-33(29(42)45-16-34)11-9-23-22-7-6-19-12-21(39)8-10-31(19,3)26(22)25(14-32(23,33)4)46-28(41)24(38-27(40)18(2)35)13-20-15-36-17-37-20/h8,10,12,15,17-18,22-26H,5-7,9,11,13-14,16,35H2,1-4H3,(H,36,37)(H,38,40)/t18?,22-,23-,24?,25-,26+,31-,32-,33-/m0/s1. The highest BCUT2D eigenvalue weighted by molar-refractivity contribution is 6.17. The number of carbonyl (C=O) groups is 5. The number of aromatic nitrogens is 2. The second-order valence-electron chi connectivity index (χ2n) is 13.4. The minimum absolute atomic E-state index is 0.0356. The van der Waals surface area contributed by atoms with Crippen molar-refractivity contribution in [2.45, 2.75) is 90.0 Å². The van der Waals surface area contributed by atoms with E-state index >= 15 is 0 Å². The fourth-order valence-corrected chi connectivity index (χ4v) is 8.83. The van der Waals surface area contributed by atoms with E-state index in [0.29, 0.717) is 25.0 Å². The van der Waals surface area contributed by atoms with Gasteiger partial charge in [0.1, 0.15) is 12.1 Å². The van der Waals surface area contributed by atoms with Gasteiger partial charge in [0.2, 0.25) is 11.5 Å². The van der Waals surface area contributed by atoms with E-state index in [4.69, 9.17) is 36.3 Å². The first-order valence-electron chi connectivity index (χ1n) is 16.1. The average molecular weight is 675 g/mol. The Hall–Kier alpha value is -3.71. The molecule has 4 N–H and O–H groups in total. The van der Waals surface area contributed by atoms with E-state index in [1.165, 1.54) is 13.3 Å². The first-order valence-corrected chi connectivity index (χ1v) is 16.6. The number of hydrogen-bond donors (Lipinski definition) is 3. The monoisotopic (exact) mass is 674 g/mol. The first kappa shape index (κ1) is 34.6. The van der Waals surface area contributed by atoms with Crippen molar-refractivity contribution < 1.29 is 42.9 Å². The highest BCUT2D eigenvalue weighted by atomic mass is 35.5. The van der Waals surface area contributed by atoms with Crippen molar-refractivity contribution in [3.63, 3.8) is 0 Å². The number of carbonyl (C=O) groups excluding carboxylic acids is 5. The smallest absolute Gasteiger partial charge is 0.460 e. The third kappa shape index (κ3) is 6.19. The predicted octanol–water partition coefficient (Wildman–Crippen LogP) is 3.27. The van der Waals surface area contributed by atoms with Crippen molar-refractivity contribution in [1.82, 2.24) is 15.3 Å². The van der Waals surface area contributed by atoms with Gasteiger partial charge in [0.15, 0.2) is 11.8 Å². The van der Waals surface area contributed by atoms with Gasteiger partial charge in [-0.3, -0.25) is 9.59 Å². The molecule has 0 aromatic carbocycles. The van der Waals surface area contributed by atoms with Crippen molar-refractivity contribution in [2.24, 2.45) is 34.3 Å². The number of ketones is 1. The zero-order valence-electron chi connectivity index (χ0n) is 27.1. The molecule has 1 aromatic heterocycles. The Labute approximate surface area is 278 Å². The van der Waals surface area contributed by atoms with Crippen LogP contribution in [0.15, 0.2) is 36.3 Å². The molecule has 4 aliphatic rings. The fourth-order valence-electron chi connectivity index (χ4n) is 8.73. The highest BCUT2D eigenvalue weighted by Crippen LogP contribution is 2.68. The summed E-state index contributed by atoms with van der Waals surface area (Å²) < 4.78 is 22.8. The van der Waals surface area contributed by atoms with Crippen LogP contribution in [0.2, 0.25) is 0 Å². The number of halogens is 1. The second kappa shape index (κ2) is 13.4. The maximum Gasteiger partial charge on any atom is 0.509 e. The molecule has 1 heterocycles. The van der Waals surface area contributed by atoms with Crippen LogP contribution in [0, 0.1) is 28.6 Å². The van der Waals surface area contributed by atoms with Gasteiger partial charge in [-0.2, -0.15) is 0 Å². The van der Waals surface area contributed by atoms with Crippen LogP contribution in [0.1, 0.15) is 65.5 Å². The number of nitrogens with one attached hydrogen (secondary N) is 2. The first-order chi connectivity index (χ1) is 22.3. The number of rotatable bonds is 10. The largest absolute Gasteiger partial charge is 0.509 e. The summed E-state index contributed by atoms with van der Waals surface area (Å²) in [5.74, 6) is -2.68. The van der Waals surface area contributed by atoms with E-state index < -0.39 is 64.7 Å². The Kier molecular flexibility index (Phi) is 9.89. The molecule has 3 saturated carbocycles. The molecule has 13 nitrogen and oxygen atoms in total. The summed E-state index contributed by atoms with van der Waals surface area (Å²) >= 11 is 5.85. The topological polar surface area (TPSA) is 189 Å². The number of esters is 2. The number of fused-ring (bicyclic) bond motifs is 5. The van der Waals surface area contributed by atoms with Gasteiger partial charge in [-0.1, -0.05) is 37.1 Å². The minimum Gasteiger partial charge on any atom is -0.460 e. The molecule has 0 spiro atoms. The van der Waals surface area contributed by atoms with Crippen molar-refractivity contribution in [2.75, 3.05) is 12.7 Å². The Morgan fingerprint density at radius 2 is 1.98 bits per heavy atom. The van der Waals surface area contributed by atoms with Crippen LogP contribution in [-0.2, 0) is 44.5 Å². The molecule has 256 valence electrons. The van der Waals surface area contributed by atoms with E-state index in [-0.39, 0.29) is 49.4 Å².